The molecule has 0 heteroatoms. The first-order valence-electron chi connectivity index (χ1n) is 6.25. The molecule has 0 N–H and O–H groups in total. The fourth-order valence-electron chi connectivity index (χ4n) is 3.64. The van der Waals surface area contributed by atoms with Crippen molar-refractivity contribution in [2.75, 3.05) is 0 Å². The van der Waals surface area contributed by atoms with E-state index in [0.717, 1.165) is 17.8 Å². The summed E-state index contributed by atoms with van der Waals surface area (Å²) in [4.78, 5) is 0. The van der Waals surface area contributed by atoms with Crippen LogP contribution in [0.25, 0.3) is 0 Å². The zero-order valence-corrected chi connectivity index (χ0v) is 11.1. The van der Waals surface area contributed by atoms with Crippen LogP contribution < -0.4 is 0 Å². The van der Waals surface area contributed by atoms with Gasteiger partial charge in [-0.05, 0) is 35.0 Å². The van der Waals surface area contributed by atoms with E-state index in [1.165, 1.54) is 12.8 Å². The maximum absolute atomic E-state index is 2.51. The summed E-state index contributed by atoms with van der Waals surface area (Å²) < 4.78 is 0. The zero-order chi connectivity index (χ0) is 11.1. The van der Waals surface area contributed by atoms with E-state index in [1.807, 2.05) is 0 Å². The molecule has 1 fully saturated rings. The van der Waals surface area contributed by atoms with Crippen LogP contribution in [0.1, 0.15) is 61.3 Å². The minimum absolute atomic E-state index is 0.539. The van der Waals surface area contributed by atoms with Gasteiger partial charge in [-0.3, -0.25) is 0 Å². The lowest BCUT2D eigenvalue weighted by molar-refractivity contribution is 0.127. The van der Waals surface area contributed by atoms with Gasteiger partial charge in [-0.15, -0.1) is 0 Å². The number of hydrogen-bond donors (Lipinski definition) is 0. The summed E-state index contributed by atoms with van der Waals surface area (Å²) >= 11 is 0. The predicted octanol–water partition coefficient (Wildman–Crippen LogP) is 4.74. The fourth-order valence-corrected chi connectivity index (χ4v) is 3.64. The maximum Gasteiger partial charge on any atom is -0.0267 e. The summed E-state index contributed by atoms with van der Waals surface area (Å²) in [6.07, 6.45) is 2.72. The smallest absolute Gasteiger partial charge is 0.0267 e. The molecule has 0 nitrogen and oxygen atoms in total. The third kappa shape index (κ3) is 1.61. The summed E-state index contributed by atoms with van der Waals surface area (Å²) in [5, 5.41) is 0. The molecule has 1 saturated carbocycles. The Kier molecular flexibility index (Phi) is 3.05. The van der Waals surface area contributed by atoms with E-state index in [4.69, 9.17) is 0 Å². The van der Waals surface area contributed by atoms with Crippen LogP contribution in [0.15, 0.2) is 0 Å². The third-order valence-electron chi connectivity index (χ3n) is 5.60. The Balaban J connectivity index is 2.93. The van der Waals surface area contributed by atoms with E-state index in [1.54, 1.807) is 0 Å². The molecule has 0 saturated heterocycles. The summed E-state index contributed by atoms with van der Waals surface area (Å²) in [7, 11) is 0. The minimum Gasteiger partial charge on any atom is -0.0651 e. The van der Waals surface area contributed by atoms with Gasteiger partial charge in [0.1, 0.15) is 0 Å². The average Bonchev–Trinajstić information content (AvgIpc) is 2.26. The molecule has 84 valence electrons. The van der Waals surface area contributed by atoms with Crippen molar-refractivity contribution in [2.45, 2.75) is 61.3 Å². The quantitative estimate of drug-likeness (QED) is 0.598. The normalized spacial score (nSPS) is 43.9. The number of rotatable bonds is 2. The van der Waals surface area contributed by atoms with Crippen molar-refractivity contribution in [3.63, 3.8) is 0 Å². The standard InChI is InChI=1S/C14H28/c1-8-10(2)14(7)9-13(5,6)11(3)12(14)4/h10-12H,8-9H2,1-7H3. The number of hydrogen-bond acceptors (Lipinski definition) is 0. The second kappa shape index (κ2) is 3.54. The molecule has 1 aliphatic carbocycles. The highest BCUT2D eigenvalue weighted by Gasteiger charge is 2.52. The molecule has 0 heterocycles. The summed E-state index contributed by atoms with van der Waals surface area (Å²) in [5.41, 5.74) is 1.11. The van der Waals surface area contributed by atoms with Crippen molar-refractivity contribution in [2.24, 2.45) is 28.6 Å². The first-order chi connectivity index (χ1) is 6.25. The van der Waals surface area contributed by atoms with E-state index in [9.17, 15) is 0 Å². The second-order valence-corrected chi connectivity index (χ2v) is 6.56. The average molecular weight is 196 g/mol. The van der Waals surface area contributed by atoms with Gasteiger partial charge in [0, 0.05) is 0 Å². The monoisotopic (exact) mass is 196 g/mol. The second-order valence-electron chi connectivity index (χ2n) is 6.56. The molecule has 14 heavy (non-hydrogen) atoms. The van der Waals surface area contributed by atoms with Gasteiger partial charge < -0.3 is 0 Å². The molecule has 0 aromatic rings. The van der Waals surface area contributed by atoms with Gasteiger partial charge in [0.15, 0.2) is 0 Å². The SMILES string of the molecule is CCC(C)C1(C)CC(C)(C)C(C)C1C. The van der Waals surface area contributed by atoms with Crippen molar-refractivity contribution >= 4 is 0 Å². The Bertz CT molecular complexity index is 204. The van der Waals surface area contributed by atoms with Crippen LogP contribution in [-0.2, 0) is 0 Å². The van der Waals surface area contributed by atoms with Crippen LogP contribution in [0, 0.1) is 28.6 Å². The molecule has 1 rings (SSSR count). The van der Waals surface area contributed by atoms with Crippen LogP contribution in [0.4, 0.5) is 0 Å². The Labute approximate surface area is 90.5 Å². The molecule has 4 atom stereocenters. The van der Waals surface area contributed by atoms with Gasteiger partial charge in [0.05, 0.1) is 0 Å². The van der Waals surface area contributed by atoms with Crippen molar-refractivity contribution in [3.05, 3.63) is 0 Å². The lowest BCUT2D eigenvalue weighted by Gasteiger charge is -2.36. The third-order valence-corrected chi connectivity index (χ3v) is 5.60. The lowest BCUT2D eigenvalue weighted by atomic mass is 9.69. The fraction of sp³-hybridized carbons (Fsp3) is 1.00. The highest BCUT2D eigenvalue weighted by Crippen LogP contribution is 2.59. The van der Waals surface area contributed by atoms with E-state index >= 15 is 0 Å². The van der Waals surface area contributed by atoms with Crippen molar-refractivity contribution in [3.8, 4) is 0 Å². The molecule has 0 aromatic heterocycles. The summed E-state index contributed by atoms with van der Waals surface area (Å²) in [6.45, 7) is 17.1. The van der Waals surface area contributed by atoms with Crippen molar-refractivity contribution in [1.82, 2.24) is 0 Å². The first kappa shape index (κ1) is 12.1. The predicted molar refractivity (Wildman–Crippen MR) is 64.3 cm³/mol. The molecule has 0 spiro atoms. The van der Waals surface area contributed by atoms with Crippen LogP contribution in [0.3, 0.4) is 0 Å². The molecule has 1 aliphatic rings. The van der Waals surface area contributed by atoms with Crippen molar-refractivity contribution in [1.29, 1.82) is 0 Å². The van der Waals surface area contributed by atoms with Gasteiger partial charge in [0.25, 0.3) is 0 Å². The van der Waals surface area contributed by atoms with Gasteiger partial charge >= 0.3 is 0 Å². The molecule has 0 bridgehead atoms. The molecular weight excluding hydrogens is 168 g/mol. The molecule has 0 radical (unpaired) electrons. The highest BCUT2D eigenvalue weighted by molar-refractivity contribution is 5.01. The van der Waals surface area contributed by atoms with E-state index < -0.39 is 0 Å². The van der Waals surface area contributed by atoms with Crippen LogP contribution in [0.2, 0.25) is 0 Å². The first-order valence-corrected chi connectivity index (χ1v) is 6.25. The largest absolute Gasteiger partial charge is 0.0651 e. The Morgan fingerprint density at radius 3 is 1.93 bits per heavy atom. The summed E-state index contributed by atoms with van der Waals surface area (Å²) in [5.74, 6) is 2.59. The highest BCUT2D eigenvalue weighted by atomic mass is 14.6. The lowest BCUT2D eigenvalue weighted by Crippen LogP contribution is -2.29. The Morgan fingerprint density at radius 1 is 1.14 bits per heavy atom. The van der Waals surface area contributed by atoms with Gasteiger partial charge in [-0.1, -0.05) is 54.9 Å². The zero-order valence-electron chi connectivity index (χ0n) is 11.1. The topological polar surface area (TPSA) is 0 Å². The molecule has 0 aromatic carbocycles. The van der Waals surface area contributed by atoms with E-state index in [0.29, 0.717) is 10.8 Å². The van der Waals surface area contributed by atoms with E-state index in [-0.39, 0.29) is 0 Å². The van der Waals surface area contributed by atoms with Crippen LogP contribution >= 0.6 is 0 Å². The van der Waals surface area contributed by atoms with Crippen molar-refractivity contribution < 1.29 is 0 Å². The Morgan fingerprint density at radius 2 is 1.64 bits per heavy atom. The van der Waals surface area contributed by atoms with E-state index in [2.05, 4.69) is 48.5 Å². The van der Waals surface area contributed by atoms with Crippen LogP contribution in [0.5, 0.6) is 0 Å². The van der Waals surface area contributed by atoms with Gasteiger partial charge in [-0.2, -0.15) is 0 Å². The minimum atomic E-state index is 0.539. The molecular formula is C14H28. The van der Waals surface area contributed by atoms with Gasteiger partial charge in [0.2, 0.25) is 0 Å². The van der Waals surface area contributed by atoms with Crippen LogP contribution in [-0.4, -0.2) is 0 Å². The molecule has 0 aliphatic heterocycles. The van der Waals surface area contributed by atoms with Gasteiger partial charge in [-0.25, -0.2) is 0 Å². The summed E-state index contributed by atoms with van der Waals surface area (Å²) in [6, 6.07) is 0. The Hall–Kier alpha value is 0. The molecule has 4 unspecified atom stereocenters. The molecule has 0 amide bonds. The maximum atomic E-state index is 2.51.